The molecule has 110 valence electrons. The van der Waals surface area contributed by atoms with Crippen LogP contribution in [0.5, 0.6) is 17.2 Å². The molecular formula is C14H13ClN2O4. The zero-order chi connectivity index (χ0) is 15.4. The summed E-state index contributed by atoms with van der Waals surface area (Å²) in [6.07, 6.45) is 2.58. The highest BCUT2D eigenvalue weighted by Crippen LogP contribution is 2.36. The van der Waals surface area contributed by atoms with Crippen molar-refractivity contribution < 1.29 is 19.4 Å². The molecule has 1 aromatic heterocycles. The van der Waals surface area contributed by atoms with Crippen LogP contribution in [0.25, 0.3) is 0 Å². The van der Waals surface area contributed by atoms with E-state index in [-0.39, 0.29) is 11.3 Å². The Morgan fingerprint density at radius 1 is 1.19 bits per heavy atom. The Hall–Kier alpha value is -2.47. The van der Waals surface area contributed by atoms with Crippen LogP contribution in [0.1, 0.15) is 10.4 Å². The molecule has 21 heavy (non-hydrogen) atoms. The van der Waals surface area contributed by atoms with Crippen LogP contribution in [-0.2, 0) is 0 Å². The van der Waals surface area contributed by atoms with Gasteiger partial charge in [-0.2, -0.15) is 0 Å². The van der Waals surface area contributed by atoms with Gasteiger partial charge in [-0.15, -0.1) is 0 Å². The number of anilines is 1. The minimum absolute atomic E-state index is 0.0942. The van der Waals surface area contributed by atoms with Crippen LogP contribution in [0.3, 0.4) is 0 Å². The summed E-state index contributed by atoms with van der Waals surface area (Å²) in [6, 6.07) is 4.40. The van der Waals surface area contributed by atoms with E-state index in [0.29, 0.717) is 22.2 Å². The second kappa shape index (κ2) is 6.32. The number of carbonyl (C=O) groups excluding carboxylic acids is 1. The van der Waals surface area contributed by atoms with Gasteiger partial charge in [0.1, 0.15) is 17.2 Å². The molecule has 0 unspecified atom stereocenters. The predicted molar refractivity (Wildman–Crippen MR) is 78.4 cm³/mol. The number of carbonyl (C=O) groups is 1. The Morgan fingerprint density at radius 3 is 2.52 bits per heavy atom. The van der Waals surface area contributed by atoms with Crippen molar-refractivity contribution in [1.82, 2.24) is 4.98 Å². The van der Waals surface area contributed by atoms with Gasteiger partial charge in [0.15, 0.2) is 0 Å². The number of rotatable bonds is 4. The molecule has 0 aliphatic carbocycles. The van der Waals surface area contributed by atoms with Gasteiger partial charge >= 0.3 is 0 Å². The van der Waals surface area contributed by atoms with E-state index in [2.05, 4.69) is 10.3 Å². The van der Waals surface area contributed by atoms with Crippen LogP contribution >= 0.6 is 11.6 Å². The molecule has 0 saturated heterocycles. The van der Waals surface area contributed by atoms with Gasteiger partial charge in [-0.1, -0.05) is 11.6 Å². The maximum Gasteiger partial charge on any atom is 0.257 e. The number of hydrogen-bond donors (Lipinski definition) is 2. The highest BCUT2D eigenvalue weighted by atomic mass is 35.5. The van der Waals surface area contributed by atoms with Gasteiger partial charge < -0.3 is 19.9 Å². The Balaban J connectivity index is 2.32. The fourth-order valence-electron chi connectivity index (χ4n) is 1.70. The largest absolute Gasteiger partial charge is 0.506 e. The molecule has 6 nitrogen and oxygen atoms in total. The second-order valence-electron chi connectivity index (χ2n) is 4.07. The topological polar surface area (TPSA) is 80.7 Å². The van der Waals surface area contributed by atoms with Crippen LogP contribution < -0.4 is 14.8 Å². The number of amides is 1. The van der Waals surface area contributed by atoms with Crippen LogP contribution in [0.2, 0.25) is 5.02 Å². The summed E-state index contributed by atoms with van der Waals surface area (Å²) >= 11 is 5.99. The predicted octanol–water partition coefficient (Wildman–Crippen LogP) is 2.71. The normalized spacial score (nSPS) is 10.0. The quantitative estimate of drug-likeness (QED) is 0.907. The van der Waals surface area contributed by atoms with E-state index in [1.54, 1.807) is 6.07 Å². The number of halogens is 1. The molecule has 0 saturated carbocycles. The number of pyridine rings is 1. The summed E-state index contributed by atoms with van der Waals surface area (Å²) in [5, 5.41) is 12.4. The van der Waals surface area contributed by atoms with Crippen molar-refractivity contribution in [2.24, 2.45) is 0 Å². The van der Waals surface area contributed by atoms with E-state index in [1.165, 1.54) is 38.7 Å². The summed E-state index contributed by atoms with van der Waals surface area (Å²) in [7, 11) is 2.93. The molecule has 1 aromatic carbocycles. The molecule has 0 spiro atoms. The molecule has 7 heteroatoms. The van der Waals surface area contributed by atoms with Crippen molar-refractivity contribution in [2.45, 2.75) is 0 Å². The highest BCUT2D eigenvalue weighted by Gasteiger charge is 2.14. The first kappa shape index (κ1) is 14.9. The Labute approximate surface area is 126 Å². The van der Waals surface area contributed by atoms with E-state index in [1.807, 2.05) is 0 Å². The monoisotopic (exact) mass is 308 g/mol. The fourth-order valence-corrected chi connectivity index (χ4v) is 1.94. The molecule has 0 radical (unpaired) electrons. The molecule has 0 aliphatic heterocycles. The third kappa shape index (κ3) is 3.35. The van der Waals surface area contributed by atoms with E-state index >= 15 is 0 Å². The van der Waals surface area contributed by atoms with Crippen molar-refractivity contribution >= 4 is 23.2 Å². The van der Waals surface area contributed by atoms with Crippen molar-refractivity contribution in [3.63, 3.8) is 0 Å². The Bertz CT molecular complexity index is 676. The van der Waals surface area contributed by atoms with Crippen LogP contribution in [0.4, 0.5) is 5.69 Å². The number of benzene rings is 1. The summed E-state index contributed by atoms with van der Waals surface area (Å²) in [4.78, 5) is 15.9. The lowest BCUT2D eigenvalue weighted by Gasteiger charge is -2.13. The van der Waals surface area contributed by atoms with Gasteiger partial charge in [0.25, 0.3) is 5.91 Å². The van der Waals surface area contributed by atoms with E-state index in [4.69, 9.17) is 21.1 Å². The molecule has 1 amide bonds. The van der Waals surface area contributed by atoms with E-state index < -0.39 is 5.91 Å². The van der Waals surface area contributed by atoms with Gasteiger partial charge in [0.05, 0.1) is 36.7 Å². The van der Waals surface area contributed by atoms with E-state index in [0.717, 1.165) is 0 Å². The number of aromatic hydroxyl groups is 1. The first-order chi connectivity index (χ1) is 10.0. The molecule has 2 rings (SSSR count). The third-order valence-electron chi connectivity index (χ3n) is 2.71. The summed E-state index contributed by atoms with van der Waals surface area (Å²) in [6.45, 7) is 0. The first-order valence-electron chi connectivity index (χ1n) is 5.92. The number of hydrogen-bond acceptors (Lipinski definition) is 5. The lowest BCUT2D eigenvalue weighted by molar-refractivity contribution is 0.102. The van der Waals surface area contributed by atoms with Gasteiger partial charge in [-0.3, -0.25) is 9.78 Å². The average molecular weight is 309 g/mol. The molecule has 0 aliphatic rings. The summed E-state index contributed by atoms with van der Waals surface area (Å²) in [5.74, 6) is 0.258. The van der Waals surface area contributed by atoms with Gasteiger partial charge in [0.2, 0.25) is 0 Å². The van der Waals surface area contributed by atoms with Gasteiger partial charge in [-0.05, 0) is 6.07 Å². The zero-order valence-corrected chi connectivity index (χ0v) is 12.1. The Morgan fingerprint density at radius 2 is 1.90 bits per heavy atom. The maximum absolute atomic E-state index is 12.1. The van der Waals surface area contributed by atoms with Crippen LogP contribution in [0.15, 0.2) is 30.6 Å². The zero-order valence-electron chi connectivity index (χ0n) is 11.4. The van der Waals surface area contributed by atoms with Crippen molar-refractivity contribution in [3.8, 4) is 17.2 Å². The van der Waals surface area contributed by atoms with Crippen molar-refractivity contribution in [1.29, 1.82) is 0 Å². The lowest BCUT2D eigenvalue weighted by Crippen LogP contribution is -2.13. The van der Waals surface area contributed by atoms with Crippen molar-refractivity contribution in [3.05, 3.63) is 41.2 Å². The van der Waals surface area contributed by atoms with Gasteiger partial charge in [0, 0.05) is 18.3 Å². The van der Waals surface area contributed by atoms with Crippen LogP contribution in [0, 0.1) is 0 Å². The first-order valence-corrected chi connectivity index (χ1v) is 6.30. The minimum atomic E-state index is -0.443. The summed E-state index contributed by atoms with van der Waals surface area (Å²) < 4.78 is 10.3. The fraction of sp³-hybridized carbons (Fsp3) is 0.143. The molecule has 2 aromatic rings. The van der Waals surface area contributed by atoms with Gasteiger partial charge in [-0.25, -0.2) is 0 Å². The van der Waals surface area contributed by atoms with Crippen molar-refractivity contribution in [2.75, 3.05) is 19.5 Å². The SMILES string of the molecule is COc1cc(NC(=O)c2cncc(O)c2)c(OC)cc1Cl. The molecule has 0 atom stereocenters. The third-order valence-corrected chi connectivity index (χ3v) is 3.00. The number of methoxy groups -OCH3 is 2. The molecule has 1 heterocycles. The lowest BCUT2D eigenvalue weighted by atomic mass is 10.2. The molecular weight excluding hydrogens is 296 g/mol. The van der Waals surface area contributed by atoms with Crippen LogP contribution in [-0.4, -0.2) is 30.2 Å². The Kier molecular flexibility index (Phi) is 4.49. The molecule has 2 N–H and O–H groups in total. The maximum atomic E-state index is 12.1. The number of aromatic nitrogens is 1. The minimum Gasteiger partial charge on any atom is -0.506 e. The highest BCUT2D eigenvalue weighted by molar-refractivity contribution is 6.32. The molecule has 0 fully saturated rings. The average Bonchev–Trinajstić information content (AvgIpc) is 2.48. The number of nitrogens with one attached hydrogen (secondary N) is 1. The number of nitrogens with zero attached hydrogens (tertiary/aromatic N) is 1. The smallest absolute Gasteiger partial charge is 0.257 e. The molecule has 0 bridgehead atoms. The second-order valence-corrected chi connectivity index (χ2v) is 4.48. The summed E-state index contributed by atoms with van der Waals surface area (Å²) in [5.41, 5.74) is 0.609. The van der Waals surface area contributed by atoms with E-state index in [9.17, 15) is 9.90 Å². The standard InChI is InChI=1S/C14H13ClN2O4/c1-20-12-5-11(13(21-2)4-10(12)15)17-14(19)8-3-9(18)7-16-6-8/h3-7,18H,1-2H3,(H,17,19). The number of ether oxygens (including phenoxy) is 2.